The molecule has 8 heteroatoms. The molecule has 0 saturated heterocycles. The SMILES string of the molecule is COC(=O)C1=C(C)NC(=O)N[C@@H]1c1cc(Cl)cc(Cl)c1OC. The van der Waals surface area contributed by atoms with Crippen LogP contribution in [0, 0.1) is 0 Å². The van der Waals surface area contributed by atoms with Gasteiger partial charge in [0.1, 0.15) is 5.75 Å². The van der Waals surface area contributed by atoms with Crippen LogP contribution in [0.3, 0.4) is 0 Å². The van der Waals surface area contributed by atoms with Crippen LogP contribution >= 0.6 is 23.2 Å². The van der Waals surface area contributed by atoms with Crippen molar-refractivity contribution in [3.63, 3.8) is 0 Å². The first kappa shape index (κ1) is 16.5. The summed E-state index contributed by atoms with van der Waals surface area (Å²) in [5.74, 6) is -0.249. The molecule has 0 aliphatic carbocycles. The summed E-state index contributed by atoms with van der Waals surface area (Å²) in [6, 6.07) is 1.86. The fraction of sp³-hybridized carbons (Fsp3) is 0.286. The fourth-order valence-corrected chi connectivity index (χ4v) is 2.90. The van der Waals surface area contributed by atoms with Crippen LogP contribution in [0.25, 0.3) is 0 Å². The lowest BCUT2D eigenvalue weighted by molar-refractivity contribution is -0.136. The number of nitrogens with one attached hydrogen (secondary N) is 2. The van der Waals surface area contributed by atoms with E-state index in [4.69, 9.17) is 32.7 Å². The quantitative estimate of drug-likeness (QED) is 0.826. The van der Waals surface area contributed by atoms with Crippen molar-refractivity contribution in [3.8, 4) is 5.75 Å². The van der Waals surface area contributed by atoms with Gasteiger partial charge in [0, 0.05) is 16.3 Å². The zero-order valence-corrected chi connectivity index (χ0v) is 13.6. The van der Waals surface area contributed by atoms with Crippen LogP contribution in [0.1, 0.15) is 18.5 Å². The van der Waals surface area contributed by atoms with E-state index in [1.807, 2.05) is 0 Å². The van der Waals surface area contributed by atoms with Crippen molar-refractivity contribution in [1.82, 2.24) is 10.6 Å². The Morgan fingerprint density at radius 3 is 2.55 bits per heavy atom. The standard InChI is InChI=1S/C14H14Cl2N2O4/c1-6-10(13(19)22-3)11(18-14(20)17-6)8-4-7(15)5-9(16)12(8)21-2/h4-5,11H,1-3H3,(H2,17,18,20)/t11-/m1/s1. The lowest BCUT2D eigenvalue weighted by Crippen LogP contribution is -2.45. The van der Waals surface area contributed by atoms with Gasteiger partial charge in [-0.15, -0.1) is 0 Å². The largest absolute Gasteiger partial charge is 0.495 e. The molecule has 0 spiro atoms. The van der Waals surface area contributed by atoms with E-state index in [1.54, 1.807) is 13.0 Å². The zero-order chi connectivity index (χ0) is 16.4. The lowest BCUT2D eigenvalue weighted by atomic mass is 9.95. The van der Waals surface area contributed by atoms with Crippen molar-refractivity contribution in [1.29, 1.82) is 0 Å². The molecule has 0 radical (unpaired) electrons. The lowest BCUT2D eigenvalue weighted by Gasteiger charge is -2.29. The van der Waals surface area contributed by atoms with Gasteiger partial charge in [0.15, 0.2) is 0 Å². The Balaban J connectivity index is 2.65. The normalized spacial score (nSPS) is 17.7. The smallest absolute Gasteiger partial charge is 0.337 e. The number of benzene rings is 1. The van der Waals surface area contributed by atoms with Gasteiger partial charge < -0.3 is 20.1 Å². The molecule has 0 fully saturated rings. The van der Waals surface area contributed by atoms with Gasteiger partial charge in [-0.2, -0.15) is 0 Å². The van der Waals surface area contributed by atoms with Crippen LogP contribution in [-0.4, -0.2) is 26.2 Å². The average Bonchev–Trinajstić information content (AvgIpc) is 2.45. The van der Waals surface area contributed by atoms with Crippen molar-refractivity contribution >= 4 is 35.2 Å². The van der Waals surface area contributed by atoms with Gasteiger partial charge in [-0.3, -0.25) is 0 Å². The zero-order valence-electron chi connectivity index (χ0n) is 12.1. The highest BCUT2D eigenvalue weighted by Gasteiger charge is 2.34. The summed E-state index contributed by atoms with van der Waals surface area (Å²) in [5, 5.41) is 5.82. The summed E-state index contributed by atoms with van der Waals surface area (Å²) >= 11 is 12.1. The molecule has 1 aliphatic rings. The Hall–Kier alpha value is -1.92. The summed E-state index contributed by atoms with van der Waals surface area (Å²) in [7, 11) is 2.70. The van der Waals surface area contributed by atoms with E-state index in [9.17, 15) is 9.59 Å². The van der Waals surface area contributed by atoms with Crippen molar-refractivity contribution in [3.05, 3.63) is 39.0 Å². The first-order chi connectivity index (χ1) is 10.4. The molecule has 1 heterocycles. The highest BCUT2D eigenvalue weighted by atomic mass is 35.5. The molecule has 1 aliphatic heterocycles. The predicted octanol–water partition coefficient (Wildman–Crippen LogP) is 2.80. The third-order valence-electron chi connectivity index (χ3n) is 3.23. The molecule has 1 aromatic rings. The molecule has 0 saturated carbocycles. The third kappa shape index (κ3) is 2.98. The molecule has 0 aromatic heterocycles. The Morgan fingerprint density at radius 2 is 1.95 bits per heavy atom. The van der Waals surface area contributed by atoms with Crippen LogP contribution in [-0.2, 0) is 9.53 Å². The van der Waals surface area contributed by atoms with Crippen molar-refractivity contribution < 1.29 is 19.1 Å². The average molecular weight is 345 g/mol. The maximum atomic E-state index is 12.1. The van der Waals surface area contributed by atoms with Crippen LogP contribution < -0.4 is 15.4 Å². The van der Waals surface area contributed by atoms with E-state index in [0.29, 0.717) is 22.0 Å². The minimum absolute atomic E-state index is 0.249. The number of methoxy groups -OCH3 is 2. The van der Waals surface area contributed by atoms with Crippen LogP contribution in [0.2, 0.25) is 10.0 Å². The predicted molar refractivity (Wildman–Crippen MR) is 82.1 cm³/mol. The maximum absolute atomic E-state index is 12.1. The molecule has 2 amide bonds. The number of hydrogen-bond donors (Lipinski definition) is 2. The number of hydrogen-bond acceptors (Lipinski definition) is 4. The number of rotatable bonds is 3. The first-order valence-corrected chi connectivity index (χ1v) is 7.04. The van der Waals surface area contributed by atoms with Crippen molar-refractivity contribution in [2.75, 3.05) is 14.2 Å². The number of ether oxygens (including phenoxy) is 2. The molecule has 0 unspecified atom stereocenters. The molecule has 6 nitrogen and oxygen atoms in total. The number of amides is 2. The van der Waals surface area contributed by atoms with Gasteiger partial charge in [-0.1, -0.05) is 23.2 Å². The van der Waals surface area contributed by atoms with E-state index in [-0.39, 0.29) is 10.6 Å². The highest BCUT2D eigenvalue weighted by molar-refractivity contribution is 6.35. The molecule has 2 rings (SSSR count). The molecule has 118 valence electrons. The van der Waals surface area contributed by atoms with Gasteiger partial charge in [0.05, 0.1) is 30.9 Å². The first-order valence-electron chi connectivity index (χ1n) is 6.28. The second-order valence-corrected chi connectivity index (χ2v) is 5.42. The summed E-state index contributed by atoms with van der Waals surface area (Å²) in [5.41, 5.74) is 1.10. The number of urea groups is 1. The van der Waals surface area contributed by atoms with Crippen molar-refractivity contribution in [2.45, 2.75) is 13.0 Å². The third-order valence-corrected chi connectivity index (χ3v) is 3.73. The number of esters is 1. The second kappa shape index (κ2) is 6.46. The summed E-state index contributed by atoms with van der Waals surface area (Å²) in [4.78, 5) is 23.8. The Bertz CT molecular complexity index is 673. The van der Waals surface area contributed by atoms with E-state index in [1.165, 1.54) is 20.3 Å². The monoisotopic (exact) mass is 344 g/mol. The van der Waals surface area contributed by atoms with Crippen LogP contribution in [0.5, 0.6) is 5.75 Å². The van der Waals surface area contributed by atoms with E-state index >= 15 is 0 Å². The van der Waals surface area contributed by atoms with Gasteiger partial charge in [-0.05, 0) is 19.1 Å². The maximum Gasteiger partial charge on any atom is 0.337 e. The number of carbonyl (C=O) groups is 2. The highest BCUT2D eigenvalue weighted by Crippen LogP contribution is 2.39. The van der Waals surface area contributed by atoms with E-state index in [2.05, 4.69) is 10.6 Å². The molecular weight excluding hydrogens is 331 g/mol. The molecule has 22 heavy (non-hydrogen) atoms. The topological polar surface area (TPSA) is 76.7 Å². The minimum atomic E-state index is -0.785. The van der Waals surface area contributed by atoms with Crippen molar-refractivity contribution in [2.24, 2.45) is 0 Å². The summed E-state index contributed by atoms with van der Waals surface area (Å²) in [6.45, 7) is 1.61. The summed E-state index contributed by atoms with van der Waals surface area (Å²) in [6.07, 6.45) is 0. The summed E-state index contributed by atoms with van der Waals surface area (Å²) < 4.78 is 10.1. The fourth-order valence-electron chi connectivity index (χ4n) is 2.32. The molecule has 1 aromatic carbocycles. The van der Waals surface area contributed by atoms with Gasteiger partial charge in [0.2, 0.25) is 0 Å². The molecule has 0 bridgehead atoms. The van der Waals surface area contributed by atoms with Crippen LogP contribution in [0.15, 0.2) is 23.4 Å². The Kier molecular flexibility index (Phi) is 4.83. The minimum Gasteiger partial charge on any atom is -0.495 e. The van der Waals surface area contributed by atoms with Gasteiger partial charge >= 0.3 is 12.0 Å². The number of carbonyl (C=O) groups excluding carboxylic acids is 2. The molecule has 2 N–H and O–H groups in total. The Labute approximate surface area is 137 Å². The van der Waals surface area contributed by atoms with E-state index in [0.717, 1.165) is 0 Å². The van der Waals surface area contributed by atoms with Gasteiger partial charge in [-0.25, -0.2) is 9.59 Å². The Morgan fingerprint density at radius 1 is 1.27 bits per heavy atom. The number of halogens is 2. The molecular formula is C14H14Cl2N2O4. The van der Waals surface area contributed by atoms with E-state index < -0.39 is 18.0 Å². The number of allylic oxidation sites excluding steroid dienone is 1. The molecule has 1 atom stereocenters. The van der Waals surface area contributed by atoms with Crippen LogP contribution in [0.4, 0.5) is 4.79 Å². The van der Waals surface area contributed by atoms with Gasteiger partial charge in [0.25, 0.3) is 0 Å². The second-order valence-electron chi connectivity index (χ2n) is 4.57.